The van der Waals surface area contributed by atoms with E-state index in [9.17, 15) is 4.79 Å². The molecule has 0 aliphatic carbocycles. The number of hydrogen-bond acceptors (Lipinski definition) is 6. The van der Waals surface area contributed by atoms with E-state index in [0.29, 0.717) is 31.8 Å². The lowest BCUT2D eigenvalue weighted by atomic mass is 10.3. The van der Waals surface area contributed by atoms with Crippen LogP contribution in [0.3, 0.4) is 0 Å². The van der Waals surface area contributed by atoms with Crippen LogP contribution < -0.4 is 10.6 Å². The Labute approximate surface area is 163 Å². The molecule has 0 bridgehead atoms. The van der Waals surface area contributed by atoms with Crippen LogP contribution >= 0.6 is 23.4 Å². The van der Waals surface area contributed by atoms with Crippen molar-refractivity contribution in [1.29, 1.82) is 0 Å². The summed E-state index contributed by atoms with van der Waals surface area (Å²) in [6, 6.07) is 0. The van der Waals surface area contributed by atoms with Crippen molar-refractivity contribution in [1.82, 2.24) is 25.1 Å². The molecular formula is C17H27ClN6OS. The van der Waals surface area contributed by atoms with E-state index in [1.54, 1.807) is 18.0 Å². The van der Waals surface area contributed by atoms with Gasteiger partial charge < -0.3 is 10.6 Å². The lowest BCUT2D eigenvalue weighted by Gasteiger charge is -2.09. The predicted octanol–water partition coefficient (Wildman–Crippen LogP) is 3.29. The number of aromatic nitrogens is 4. The van der Waals surface area contributed by atoms with Crippen LogP contribution in [0.15, 0.2) is 11.4 Å². The molecule has 0 saturated carbocycles. The first-order valence-corrected chi connectivity index (χ1v) is 10.6. The molecule has 0 spiro atoms. The third-order valence-electron chi connectivity index (χ3n) is 3.64. The van der Waals surface area contributed by atoms with Crippen LogP contribution in [0.4, 0.5) is 5.82 Å². The largest absolute Gasteiger partial charge is 0.369 e. The minimum Gasteiger partial charge on any atom is -0.369 e. The number of hydrogen-bond donors (Lipinski definition) is 2. The number of anilines is 1. The van der Waals surface area contributed by atoms with Crippen molar-refractivity contribution in [3.05, 3.63) is 6.20 Å². The van der Waals surface area contributed by atoms with E-state index in [0.717, 1.165) is 47.1 Å². The summed E-state index contributed by atoms with van der Waals surface area (Å²) in [5, 5.41) is 12.4. The smallest absolute Gasteiger partial charge is 0.220 e. The number of fused-ring (bicyclic) bond motifs is 1. The molecule has 2 aromatic heterocycles. The van der Waals surface area contributed by atoms with E-state index in [4.69, 9.17) is 11.6 Å². The Hall–Kier alpha value is -1.54. The van der Waals surface area contributed by atoms with Crippen molar-refractivity contribution in [2.75, 3.05) is 30.0 Å². The van der Waals surface area contributed by atoms with Crippen LogP contribution in [-0.2, 0) is 11.3 Å². The van der Waals surface area contributed by atoms with Crippen LogP contribution in [0.1, 0.15) is 39.5 Å². The van der Waals surface area contributed by atoms with E-state index >= 15 is 0 Å². The van der Waals surface area contributed by atoms with Gasteiger partial charge in [0.1, 0.15) is 5.82 Å². The molecule has 2 rings (SSSR count). The van der Waals surface area contributed by atoms with Crippen molar-refractivity contribution < 1.29 is 4.79 Å². The zero-order chi connectivity index (χ0) is 18.8. The van der Waals surface area contributed by atoms with E-state index in [1.165, 1.54) is 0 Å². The predicted molar refractivity (Wildman–Crippen MR) is 108 cm³/mol. The van der Waals surface area contributed by atoms with Crippen molar-refractivity contribution in [3.8, 4) is 0 Å². The number of thioether (sulfide) groups is 1. The third-order valence-corrected chi connectivity index (χ3v) is 4.96. The number of nitrogens with one attached hydrogen (secondary N) is 2. The van der Waals surface area contributed by atoms with Crippen LogP contribution in [0.25, 0.3) is 11.0 Å². The van der Waals surface area contributed by atoms with Crippen molar-refractivity contribution in [2.24, 2.45) is 0 Å². The molecule has 0 unspecified atom stereocenters. The summed E-state index contributed by atoms with van der Waals surface area (Å²) in [5.74, 6) is 2.32. The second-order valence-corrected chi connectivity index (χ2v) is 7.32. The van der Waals surface area contributed by atoms with Gasteiger partial charge in [-0.15, -0.1) is 11.6 Å². The summed E-state index contributed by atoms with van der Waals surface area (Å²) in [7, 11) is 0. The van der Waals surface area contributed by atoms with Crippen molar-refractivity contribution in [2.45, 2.75) is 51.2 Å². The molecule has 1 amide bonds. The molecule has 144 valence electrons. The molecular weight excluding hydrogens is 372 g/mol. The van der Waals surface area contributed by atoms with Gasteiger partial charge in [-0.3, -0.25) is 4.79 Å². The molecule has 9 heteroatoms. The molecule has 2 aromatic rings. The lowest BCUT2D eigenvalue weighted by molar-refractivity contribution is -0.121. The maximum Gasteiger partial charge on any atom is 0.220 e. The molecule has 2 heterocycles. The highest BCUT2D eigenvalue weighted by molar-refractivity contribution is 7.99. The van der Waals surface area contributed by atoms with Crippen LogP contribution in [0.5, 0.6) is 0 Å². The summed E-state index contributed by atoms with van der Waals surface area (Å²) < 4.78 is 1.83. The summed E-state index contributed by atoms with van der Waals surface area (Å²) in [6.07, 6.45) is 5.02. The SMILES string of the molecule is CCCNc1nc(SCCC)nc2c1cnn2CCNC(=O)CCCCl. The van der Waals surface area contributed by atoms with Gasteiger partial charge in [-0.2, -0.15) is 5.10 Å². The standard InChI is InChI=1S/C17H27ClN6OS/c1-3-8-20-15-13-12-21-24(10-9-19-14(25)6-5-7-18)16(13)23-17(22-15)26-11-4-2/h12H,3-11H2,1-2H3,(H,19,25)(H,20,22,23). The Morgan fingerprint density at radius 1 is 1.27 bits per heavy atom. The molecule has 0 aromatic carbocycles. The normalized spacial score (nSPS) is 11.0. The Kier molecular flexibility index (Phi) is 8.97. The Morgan fingerprint density at radius 3 is 2.85 bits per heavy atom. The summed E-state index contributed by atoms with van der Waals surface area (Å²) >= 11 is 7.26. The van der Waals surface area contributed by atoms with Crippen molar-refractivity contribution >= 4 is 46.1 Å². The Balaban J connectivity index is 2.12. The Bertz CT molecular complexity index is 708. The number of alkyl halides is 1. The highest BCUT2D eigenvalue weighted by Gasteiger charge is 2.13. The number of nitrogens with zero attached hydrogens (tertiary/aromatic N) is 4. The first-order chi connectivity index (χ1) is 12.7. The van der Waals surface area contributed by atoms with Gasteiger partial charge in [0, 0.05) is 31.1 Å². The molecule has 0 radical (unpaired) electrons. The van der Waals surface area contributed by atoms with E-state index in [2.05, 4.69) is 39.5 Å². The number of amides is 1. The maximum absolute atomic E-state index is 11.7. The topological polar surface area (TPSA) is 84.7 Å². The maximum atomic E-state index is 11.7. The molecule has 7 nitrogen and oxygen atoms in total. The molecule has 0 saturated heterocycles. The second kappa shape index (κ2) is 11.2. The lowest BCUT2D eigenvalue weighted by Crippen LogP contribution is -2.27. The number of carbonyl (C=O) groups excluding carboxylic acids is 1. The summed E-state index contributed by atoms with van der Waals surface area (Å²) in [6.45, 7) is 6.19. The molecule has 2 N–H and O–H groups in total. The molecule has 0 atom stereocenters. The van der Waals surface area contributed by atoms with Crippen LogP contribution in [0.2, 0.25) is 0 Å². The first-order valence-electron chi connectivity index (χ1n) is 9.12. The zero-order valence-corrected chi connectivity index (χ0v) is 17.0. The van der Waals surface area contributed by atoms with E-state index < -0.39 is 0 Å². The van der Waals surface area contributed by atoms with Gasteiger partial charge in [-0.1, -0.05) is 25.6 Å². The molecule has 0 fully saturated rings. The fraction of sp³-hybridized carbons (Fsp3) is 0.647. The molecule has 0 aliphatic heterocycles. The zero-order valence-electron chi connectivity index (χ0n) is 15.4. The fourth-order valence-electron chi connectivity index (χ4n) is 2.35. The van der Waals surface area contributed by atoms with Crippen LogP contribution in [-0.4, -0.2) is 50.4 Å². The quantitative estimate of drug-likeness (QED) is 0.324. The number of halogens is 1. The highest BCUT2D eigenvalue weighted by atomic mass is 35.5. The molecule has 26 heavy (non-hydrogen) atoms. The molecule has 0 aliphatic rings. The van der Waals surface area contributed by atoms with Gasteiger partial charge in [0.2, 0.25) is 5.91 Å². The first kappa shape index (κ1) is 20.8. The van der Waals surface area contributed by atoms with E-state index in [1.807, 2.05) is 4.68 Å². The Morgan fingerprint density at radius 2 is 2.12 bits per heavy atom. The van der Waals surface area contributed by atoms with Crippen LogP contribution in [0, 0.1) is 0 Å². The summed E-state index contributed by atoms with van der Waals surface area (Å²) in [5.41, 5.74) is 0.798. The average molecular weight is 399 g/mol. The minimum absolute atomic E-state index is 0.0150. The van der Waals surface area contributed by atoms with Gasteiger partial charge in [-0.05, 0) is 19.3 Å². The van der Waals surface area contributed by atoms with Crippen molar-refractivity contribution in [3.63, 3.8) is 0 Å². The van der Waals surface area contributed by atoms with Gasteiger partial charge in [-0.25, -0.2) is 14.6 Å². The number of rotatable bonds is 12. The number of carbonyl (C=O) groups is 1. The minimum atomic E-state index is 0.0150. The van der Waals surface area contributed by atoms with Gasteiger partial charge >= 0.3 is 0 Å². The fourth-order valence-corrected chi connectivity index (χ4v) is 3.18. The monoisotopic (exact) mass is 398 g/mol. The second-order valence-electron chi connectivity index (χ2n) is 5.88. The average Bonchev–Trinajstić information content (AvgIpc) is 3.06. The van der Waals surface area contributed by atoms with Gasteiger partial charge in [0.25, 0.3) is 0 Å². The van der Waals surface area contributed by atoms with E-state index in [-0.39, 0.29) is 5.91 Å². The van der Waals surface area contributed by atoms with Gasteiger partial charge in [0.05, 0.1) is 18.1 Å². The third kappa shape index (κ3) is 6.02. The highest BCUT2D eigenvalue weighted by Crippen LogP contribution is 2.24. The summed E-state index contributed by atoms with van der Waals surface area (Å²) in [4.78, 5) is 21.0. The van der Waals surface area contributed by atoms with Gasteiger partial charge in [0.15, 0.2) is 10.8 Å².